The van der Waals surface area contributed by atoms with E-state index < -0.39 is 11.9 Å². The highest BCUT2D eigenvalue weighted by atomic mass is 16.5. The number of methoxy groups -OCH3 is 2. The summed E-state index contributed by atoms with van der Waals surface area (Å²) in [6.07, 6.45) is 1.82. The summed E-state index contributed by atoms with van der Waals surface area (Å²) in [7, 11) is 6.64. The predicted octanol–water partition coefficient (Wildman–Crippen LogP) is 2.34. The van der Waals surface area contributed by atoms with Crippen molar-refractivity contribution < 1.29 is 28.9 Å². The van der Waals surface area contributed by atoms with Gasteiger partial charge in [0.2, 0.25) is 0 Å². The number of likely N-dealkylation sites (N-methyl/N-ethyl adjacent to an activating group) is 1. The molecule has 0 aromatic heterocycles. The summed E-state index contributed by atoms with van der Waals surface area (Å²) in [5, 5.41) is 11.8. The number of rotatable bonds is 5. The summed E-state index contributed by atoms with van der Waals surface area (Å²) >= 11 is 0. The van der Waals surface area contributed by atoms with Gasteiger partial charge in [0, 0.05) is 17.5 Å². The fraction of sp³-hybridized carbons (Fsp3) is 0.300. The maximum Gasteiger partial charge on any atom is 0.345 e. The van der Waals surface area contributed by atoms with E-state index >= 15 is 0 Å². The van der Waals surface area contributed by atoms with Crippen LogP contribution in [0.3, 0.4) is 0 Å². The predicted molar refractivity (Wildman–Crippen MR) is 99.8 cm³/mol. The third-order valence-corrected chi connectivity index (χ3v) is 4.50. The molecule has 3 rings (SSSR count). The van der Waals surface area contributed by atoms with Gasteiger partial charge in [-0.05, 0) is 43.6 Å². The number of hydrogen-bond acceptors (Lipinski definition) is 7. The van der Waals surface area contributed by atoms with Crippen LogP contribution in [-0.2, 0) is 20.7 Å². The normalized spacial score (nSPS) is 14.6. The molecule has 2 aromatic carbocycles. The topological polar surface area (TPSA) is 85.3 Å². The number of phenolic OH excluding ortho intramolecular Hbond substituents is 1. The van der Waals surface area contributed by atoms with Gasteiger partial charge in [0.1, 0.15) is 5.76 Å². The van der Waals surface area contributed by atoms with Gasteiger partial charge in [-0.15, -0.1) is 0 Å². The molecule has 0 spiro atoms. The SMILES string of the molecule is COC(=O)C=C1OC(=O)c2c1ccc1c(CCN(C)C)cc(OC)c(O)c21. The van der Waals surface area contributed by atoms with Crippen molar-refractivity contribution >= 4 is 28.5 Å². The Labute approximate surface area is 156 Å². The van der Waals surface area contributed by atoms with Gasteiger partial charge in [0.25, 0.3) is 0 Å². The van der Waals surface area contributed by atoms with Gasteiger partial charge in [0.05, 0.1) is 25.9 Å². The van der Waals surface area contributed by atoms with E-state index in [9.17, 15) is 14.7 Å². The number of benzene rings is 2. The van der Waals surface area contributed by atoms with E-state index in [1.54, 1.807) is 12.1 Å². The molecule has 0 radical (unpaired) electrons. The number of hydrogen-bond donors (Lipinski definition) is 1. The lowest BCUT2D eigenvalue weighted by molar-refractivity contribution is -0.134. The van der Waals surface area contributed by atoms with Gasteiger partial charge in [-0.3, -0.25) is 0 Å². The second-order valence-corrected chi connectivity index (χ2v) is 6.47. The third-order valence-electron chi connectivity index (χ3n) is 4.50. The van der Waals surface area contributed by atoms with Crippen LogP contribution in [0, 0.1) is 0 Å². The molecule has 1 N–H and O–H groups in total. The highest BCUT2D eigenvalue weighted by Crippen LogP contribution is 2.44. The zero-order chi connectivity index (χ0) is 19.7. The standard InChI is InChI=1S/C20H21NO6/c1-21(2)8-7-11-9-15(25-3)19(23)17-12(11)5-6-13-14(10-16(22)26-4)27-20(24)18(13)17/h5-6,9-10,23H,7-8H2,1-4H3. The minimum atomic E-state index is -0.632. The summed E-state index contributed by atoms with van der Waals surface area (Å²) in [6.45, 7) is 0.790. The van der Waals surface area contributed by atoms with Crippen molar-refractivity contribution in [1.82, 2.24) is 4.90 Å². The van der Waals surface area contributed by atoms with Crippen molar-refractivity contribution in [2.24, 2.45) is 0 Å². The van der Waals surface area contributed by atoms with Crippen LogP contribution in [0.4, 0.5) is 0 Å². The van der Waals surface area contributed by atoms with E-state index in [0.29, 0.717) is 17.4 Å². The molecule has 142 valence electrons. The number of fused-ring (bicyclic) bond motifs is 3. The summed E-state index contributed by atoms with van der Waals surface area (Å²) in [5.41, 5.74) is 1.58. The fourth-order valence-corrected chi connectivity index (χ4v) is 3.15. The van der Waals surface area contributed by atoms with Crippen molar-refractivity contribution in [3.8, 4) is 11.5 Å². The lowest BCUT2D eigenvalue weighted by atomic mass is 9.93. The molecule has 7 heteroatoms. The number of aromatic hydroxyl groups is 1. The molecule has 0 saturated heterocycles. The van der Waals surface area contributed by atoms with Crippen LogP contribution in [0.1, 0.15) is 21.5 Å². The monoisotopic (exact) mass is 371 g/mol. The molecule has 1 aliphatic heterocycles. The Morgan fingerprint density at radius 1 is 1.30 bits per heavy atom. The summed E-state index contributed by atoms with van der Waals surface area (Å²) < 4.78 is 15.1. The number of cyclic esters (lactones) is 1. The Kier molecular flexibility index (Phi) is 5.05. The van der Waals surface area contributed by atoms with E-state index in [1.807, 2.05) is 25.1 Å². The number of ether oxygens (including phenoxy) is 3. The highest BCUT2D eigenvalue weighted by molar-refractivity contribution is 6.17. The fourth-order valence-electron chi connectivity index (χ4n) is 3.15. The number of nitrogens with zero attached hydrogens (tertiary/aromatic N) is 1. The van der Waals surface area contributed by atoms with Gasteiger partial charge in [-0.1, -0.05) is 6.07 Å². The highest BCUT2D eigenvalue weighted by Gasteiger charge is 2.32. The first-order valence-corrected chi connectivity index (χ1v) is 8.39. The largest absolute Gasteiger partial charge is 0.504 e. The molecule has 0 fully saturated rings. The average Bonchev–Trinajstić information content (AvgIpc) is 2.96. The Hall–Kier alpha value is -3.06. The van der Waals surface area contributed by atoms with Crippen LogP contribution in [-0.4, -0.2) is 56.8 Å². The second kappa shape index (κ2) is 7.28. The van der Waals surface area contributed by atoms with E-state index in [2.05, 4.69) is 4.74 Å². The Balaban J connectivity index is 2.27. The molecule has 27 heavy (non-hydrogen) atoms. The van der Waals surface area contributed by atoms with Crippen LogP contribution in [0.25, 0.3) is 16.5 Å². The van der Waals surface area contributed by atoms with Gasteiger partial charge < -0.3 is 24.2 Å². The molecule has 0 aliphatic carbocycles. The first kappa shape index (κ1) is 18.7. The van der Waals surface area contributed by atoms with Crippen LogP contribution in [0.15, 0.2) is 24.3 Å². The summed E-state index contributed by atoms with van der Waals surface area (Å²) in [4.78, 5) is 26.1. The minimum Gasteiger partial charge on any atom is -0.504 e. The van der Waals surface area contributed by atoms with Gasteiger partial charge in [-0.25, -0.2) is 9.59 Å². The molecule has 0 bridgehead atoms. The van der Waals surface area contributed by atoms with Gasteiger partial charge in [-0.2, -0.15) is 0 Å². The smallest absolute Gasteiger partial charge is 0.345 e. The summed E-state index contributed by atoms with van der Waals surface area (Å²) in [6, 6.07) is 5.30. The molecule has 0 atom stereocenters. The zero-order valence-corrected chi connectivity index (χ0v) is 15.7. The second-order valence-electron chi connectivity index (χ2n) is 6.47. The Morgan fingerprint density at radius 2 is 2.04 bits per heavy atom. The van der Waals surface area contributed by atoms with Crippen molar-refractivity contribution in [2.75, 3.05) is 34.9 Å². The number of esters is 2. The molecule has 0 unspecified atom stereocenters. The molecule has 1 heterocycles. The first-order valence-electron chi connectivity index (χ1n) is 8.39. The molecular formula is C20H21NO6. The Morgan fingerprint density at radius 3 is 2.67 bits per heavy atom. The molecule has 0 saturated carbocycles. The molecule has 7 nitrogen and oxygen atoms in total. The molecule has 0 amide bonds. The van der Waals surface area contributed by atoms with Crippen molar-refractivity contribution in [3.63, 3.8) is 0 Å². The van der Waals surface area contributed by atoms with Crippen LogP contribution in [0.2, 0.25) is 0 Å². The lowest BCUT2D eigenvalue weighted by Gasteiger charge is -2.15. The van der Waals surface area contributed by atoms with Gasteiger partial charge in [0.15, 0.2) is 11.5 Å². The molecule has 2 aromatic rings. The zero-order valence-electron chi connectivity index (χ0n) is 15.7. The van der Waals surface area contributed by atoms with E-state index in [4.69, 9.17) is 9.47 Å². The minimum absolute atomic E-state index is 0.0980. The Bertz CT molecular complexity index is 961. The van der Waals surface area contributed by atoms with Crippen molar-refractivity contribution in [1.29, 1.82) is 0 Å². The molecular weight excluding hydrogens is 350 g/mol. The average molecular weight is 371 g/mol. The summed E-state index contributed by atoms with van der Waals surface area (Å²) in [5.74, 6) is -1.02. The van der Waals surface area contributed by atoms with E-state index in [0.717, 1.165) is 23.6 Å². The number of phenols is 1. The first-order chi connectivity index (χ1) is 12.9. The third kappa shape index (κ3) is 3.33. The van der Waals surface area contributed by atoms with Crippen LogP contribution < -0.4 is 4.74 Å². The lowest BCUT2D eigenvalue weighted by Crippen LogP contribution is -2.15. The molecule has 1 aliphatic rings. The van der Waals surface area contributed by atoms with Crippen molar-refractivity contribution in [2.45, 2.75) is 6.42 Å². The number of carbonyl (C=O) groups excluding carboxylic acids is 2. The maximum absolute atomic E-state index is 12.5. The quantitative estimate of drug-likeness (QED) is 0.638. The van der Waals surface area contributed by atoms with E-state index in [-0.39, 0.29) is 22.8 Å². The van der Waals surface area contributed by atoms with Crippen LogP contribution >= 0.6 is 0 Å². The number of carbonyl (C=O) groups is 2. The van der Waals surface area contributed by atoms with Crippen molar-refractivity contribution in [3.05, 3.63) is 41.0 Å². The maximum atomic E-state index is 12.5. The van der Waals surface area contributed by atoms with Gasteiger partial charge >= 0.3 is 11.9 Å². The van der Waals surface area contributed by atoms with E-state index in [1.165, 1.54) is 14.2 Å². The van der Waals surface area contributed by atoms with Crippen LogP contribution in [0.5, 0.6) is 11.5 Å².